The molecule has 340 valence electrons. The predicted molar refractivity (Wildman–Crippen MR) is 294 cm³/mol. The fourth-order valence-electron chi connectivity index (χ4n) is 10.1. The van der Waals surface area contributed by atoms with E-state index in [1.165, 1.54) is 0 Å². The SMILES string of the molecule is c1ccc(N(c2ccc(-c3cc4ccccc4o3)cc2)c2ccc(-c3cc4c5cc(-c6ccc(N(c7ccccc7)c7ccc(-c8cc9ccccc9o8)cc7)cc6)oc5c5ccccc5c4o3)cc2)cc1. The summed E-state index contributed by atoms with van der Waals surface area (Å²) in [5.41, 5.74) is 13.7. The van der Waals surface area contributed by atoms with Crippen LogP contribution in [0.4, 0.5) is 34.1 Å². The standard InChI is InChI=1S/C66H42N2O4/c1-3-15-49(16-4-1)67(51-31-23-43(24-32-51)61-39-47-13-7-11-21-59(47)69-61)53-35-27-45(28-36-53)63-41-57-58-42-64(72-66(58)56-20-10-9-19-55(56)65(57)71-63)46-29-37-54(38-30-46)68(50-17-5-2-6-18-50)52-33-25-44(26-34-52)62-40-48-14-8-12-22-60(48)70-62/h1-42H. The first-order valence-electron chi connectivity index (χ1n) is 24.1. The van der Waals surface area contributed by atoms with Crippen LogP contribution < -0.4 is 9.80 Å². The van der Waals surface area contributed by atoms with Crippen LogP contribution in [0.25, 0.3) is 99.9 Å². The number of fused-ring (bicyclic) bond motifs is 8. The third kappa shape index (κ3) is 7.20. The third-order valence-corrected chi connectivity index (χ3v) is 13.7. The van der Waals surface area contributed by atoms with Crippen molar-refractivity contribution in [3.8, 4) is 45.3 Å². The lowest BCUT2D eigenvalue weighted by Crippen LogP contribution is -2.09. The topological polar surface area (TPSA) is 59.0 Å². The number of benzene rings is 10. The Bertz CT molecular complexity index is 3900. The molecule has 0 unspecified atom stereocenters. The van der Waals surface area contributed by atoms with Gasteiger partial charge in [-0.1, -0.05) is 97.1 Å². The molecule has 0 aliphatic rings. The summed E-state index contributed by atoms with van der Waals surface area (Å²) >= 11 is 0. The van der Waals surface area contributed by atoms with E-state index < -0.39 is 0 Å². The molecule has 0 aliphatic heterocycles. The van der Waals surface area contributed by atoms with Crippen LogP contribution in [0.1, 0.15) is 0 Å². The van der Waals surface area contributed by atoms with E-state index in [9.17, 15) is 0 Å². The molecule has 0 spiro atoms. The van der Waals surface area contributed by atoms with Crippen LogP contribution in [0.2, 0.25) is 0 Å². The van der Waals surface area contributed by atoms with Gasteiger partial charge in [-0.2, -0.15) is 0 Å². The Hall–Kier alpha value is -9.78. The molecule has 0 fully saturated rings. The van der Waals surface area contributed by atoms with Crippen LogP contribution in [0, 0.1) is 0 Å². The van der Waals surface area contributed by atoms with Gasteiger partial charge in [0, 0.05) is 88.7 Å². The second kappa shape index (κ2) is 17.0. The molecular weight excluding hydrogens is 885 g/mol. The number of para-hydroxylation sites is 4. The number of hydrogen-bond donors (Lipinski definition) is 0. The van der Waals surface area contributed by atoms with Crippen molar-refractivity contribution < 1.29 is 17.7 Å². The molecule has 6 nitrogen and oxygen atoms in total. The first-order chi connectivity index (χ1) is 35.6. The molecular formula is C66H42N2O4. The Balaban J connectivity index is 0.784. The van der Waals surface area contributed by atoms with Gasteiger partial charge in [-0.25, -0.2) is 0 Å². The second-order valence-electron chi connectivity index (χ2n) is 18.1. The monoisotopic (exact) mass is 926 g/mol. The molecule has 4 heterocycles. The van der Waals surface area contributed by atoms with Gasteiger partial charge in [-0.3, -0.25) is 0 Å². The normalized spacial score (nSPS) is 11.6. The third-order valence-electron chi connectivity index (χ3n) is 13.7. The van der Waals surface area contributed by atoms with Crippen molar-refractivity contribution in [2.45, 2.75) is 0 Å². The minimum Gasteiger partial charge on any atom is -0.456 e. The lowest BCUT2D eigenvalue weighted by Gasteiger charge is -2.25. The van der Waals surface area contributed by atoms with Gasteiger partial charge in [0.25, 0.3) is 0 Å². The molecule has 0 amide bonds. The van der Waals surface area contributed by atoms with E-state index >= 15 is 0 Å². The Morgan fingerprint density at radius 2 is 0.514 bits per heavy atom. The van der Waals surface area contributed by atoms with Gasteiger partial charge in [0.05, 0.1) is 0 Å². The smallest absolute Gasteiger partial charge is 0.143 e. The Labute approximate surface area is 414 Å². The van der Waals surface area contributed by atoms with Crippen LogP contribution in [-0.4, -0.2) is 0 Å². The summed E-state index contributed by atoms with van der Waals surface area (Å²) in [6, 6.07) is 88.3. The van der Waals surface area contributed by atoms with E-state index in [1.807, 2.05) is 48.5 Å². The molecule has 0 N–H and O–H groups in total. The van der Waals surface area contributed by atoms with Crippen molar-refractivity contribution in [2.75, 3.05) is 9.80 Å². The van der Waals surface area contributed by atoms with Crippen molar-refractivity contribution in [3.63, 3.8) is 0 Å². The highest BCUT2D eigenvalue weighted by Gasteiger charge is 2.21. The quantitative estimate of drug-likeness (QED) is 0.136. The highest BCUT2D eigenvalue weighted by molar-refractivity contribution is 6.23. The van der Waals surface area contributed by atoms with Crippen LogP contribution in [0.3, 0.4) is 0 Å². The summed E-state index contributed by atoms with van der Waals surface area (Å²) in [6.07, 6.45) is 0. The van der Waals surface area contributed by atoms with Crippen LogP contribution in [0.15, 0.2) is 272 Å². The maximum atomic E-state index is 6.83. The van der Waals surface area contributed by atoms with Gasteiger partial charge in [-0.15, -0.1) is 0 Å². The molecule has 0 atom stereocenters. The van der Waals surface area contributed by atoms with Gasteiger partial charge < -0.3 is 27.5 Å². The van der Waals surface area contributed by atoms with E-state index in [1.54, 1.807) is 0 Å². The number of rotatable bonds is 10. The van der Waals surface area contributed by atoms with Gasteiger partial charge in [0.1, 0.15) is 45.4 Å². The molecule has 0 bridgehead atoms. The second-order valence-corrected chi connectivity index (χ2v) is 18.1. The average molecular weight is 927 g/mol. The van der Waals surface area contributed by atoms with Gasteiger partial charge in [0.2, 0.25) is 0 Å². The largest absolute Gasteiger partial charge is 0.456 e. The molecule has 0 radical (unpaired) electrons. The van der Waals surface area contributed by atoms with Crippen molar-refractivity contribution in [1.29, 1.82) is 0 Å². The lowest BCUT2D eigenvalue weighted by atomic mass is 10.0. The van der Waals surface area contributed by atoms with E-state index in [0.717, 1.165) is 134 Å². The van der Waals surface area contributed by atoms with Crippen molar-refractivity contribution in [1.82, 2.24) is 0 Å². The van der Waals surface area contributed by atoms with Gasteiger partial charge in [0.15, 0.2) is 0 Å². The number of hydrogen-bond acceptors (Lipinski definition) is 6. The summed E-state index contributed by atoms with van der Waals surface area (Å²) in [5, 5.41) is 6.20. The van der Waals surface area contributed by atoms with Gasteiger partial charge >= 0.3 is 0 Å². The van der Waals surface area contributed by atoms with Crippen LogP contribution >= 0.6 is 0 Å². The fourth-order valence-corrected chi connectivity index (χ4v) is 10.1. The first-order valence-corrected chi connectivity index (χ1v) is 24.1. The highest BCUT2D eigenvalue weighted by Crippen LogP contribution is 2.45. The summed E-state index contributed by atoms with van der Waals surface area (Å²) in [4.78, 5) is 4.53. The number of anilines is 6. The zero-order chi connectivity index (χ0) is 47.5. The Morgan fingerprint density at radius 3 is 0.861 bits per heavy atom. The lowest BCUT2D eigenvalue weighted by molar-refractivity contribution is 0.631. The maximum Gasteiger partial charge on any atom is 0.143 e. The molecule has 14 rings (SSSR count). The van der Waals surface area contributed by atoms with Crippen molar-refractivity contribution >= 4 is 88.8 Å². The maximum absolute atomic E-state index is 6.83. The Morgan fingerprint density at radius 1 is 0.222 bits per heavy atom. The summed E-state index contributed by atoms with van der Waals surface area (Å²) < 4.78 is 26.1. The summed E-state index contributed by atoms with van der Waals surface area (Å²) in [6.45, 7) is 0. The highest BCUT2D eigenvalue weighted by atomic mass is 16.3. The minimum absolute atomic E-state index is 0.786. The molecule has 14 aromatic rings. The number of furan rings is 4. The zero-order valence-electron chi connectivity index (χ0n) is 38.8. The predicted octanol–water partition coefficient (Wildman–Crippen LogP) is 19.4. The van der Waals surface area contributed by atoms with Gasteiger partial charge in [-0.05, 0) is 158 Å². The van der Waals surface area contributed by atoms with Crippen molar-refractivity contribution in [3.05, 3.63) is 255 Å². The zero-order valence-corrected chi connectivity index (χ0v) is 38.8. The van der Waals surface area contributed by atoms with E-state index in [4.69, 9.17) is 17.7 Å². The molecule has 6 heteroatoms. The number of nitrogens with zero attached hydrogens (tertiary/aromatic N) is 2. The van der Waals surface area contributed by atoms with Crippen LogP contribution in [0.5, 0.6) is 0 Å². The van der Waals surface area contributed by atoms with Crippen molar-refractivity contribution in [2.24, 2.45) is 0 Å². The van der Waals surface area contributed by atoms with E-state index in [2.05, 4.69) is 216 Å². The molecule has 4 aromatic heterocycles. The Kier molecular flexibility index (Phi) is 9.74. The average Bonchev–Trinajstić information content (AvgIpc) is 4.28. The molecule has 72 heavy (non-hydrogen) atoms. The van der Waals surface area contributed by atoms with E-state index in [0.29, 0.717) is 0 Å². The summed E-state index contributed by atoms with van der Waals surface area (Å²) in [7, 11) is 0. The minimum atomic E-state index is 0.786. The molecule has 0 aliphatic carbocycles. The fraction of sp³-hybridized carbons (Fsp3) is 0. The van der Waals surface area contributed by atoms with Crippen LogP contribution in [-0.2, 0) is 0 Å². The molecule has 10 aromatic carbocycles. The van der Waals surface area contributed by atoms with E-state index in [-0.39, 0.29) is 0 Å². The summed E-state index contributed by atoms with van der Waals surface area (Å²) in [5.74, 6) is 3.27. The first kappa shape index (κ1) is 41.2. The molecule has 0 saturated carbocycles. The molecule has 0 saturated heterocycles.